The minimum atomic E-state index is -0.255. The summed E-state index contributed by atoms with van der Waals surface area (Å²) in [7, 11) is 0. The number of piperidine rings is 1. The lowest BCUT2D eigenvalue weighted by Gasteiger charge is -2.30. The van der Waals surface area contributed by atoms with E-state index in [1.807, 2.05) is 36.9 Å². The van der Waals surface area contributed by atoms with E-state index < -0.39 is 0 Å². The molecule has 4 heteroatoms. The minimum Gasteiger partial charge on any atom is -0.393 e. The quantitative estimate of drug-likeness (QED) is 0.876. The number of nitrogens with one attached hydrogen (secondary N) is 1. The Balaban J connectivity index is 2.20. The van der Waals surface area contributed by atoms with Crippen molar-refractivity contribution in [3.8, 4) is 0 Å². The molecule has 2 N–H and O–H groups in total. The number of hydrogen-bond donors (Lipinski definition) is 2. The van der Waals surface area contributed by atoms with Crippen molar-refractivity contribution in [2.75, 3.05) is 25.0 Å². The SMILES string of the molecule is CCNc1ccc(C)cc1C(=O)N1CCC(O)CC1. The van der Waals surface area contributed by atoms with Crippen LogP contribution in [0.2, 0.25) is 0 Å². The van der Waals surface area contributed by atoms with Crippen molar-refractivity contribution in [3.05, 3.63) is 29.3 Å². The van der Waals surface area contributed by atoms with E-state index in [9.17, 15) is 9.90 Å². The molecule has 2 rings (SSSR count). The summed E-state index contributed by atoms with van der Waals surface area (Å²) < 4.78 is 0. The van der Waals surface area contributed by atoms with Gasteiger partial charge in [0.05, 0.1) is 11.7 Å². The largest absolute Gasteiger partial charge is 0.393 e. The van der Waals surface area contributed by atoms with Crippen LogP contribution in [0.4, 0.5) is 5.69 Å². The number of anilines is 1. The molecule has 0 aliphatic carbocycles. The number of benzene rings is 1. The maximum atomic E-state index is 12.6. The van der Waals surface area contributed by atoms with E-state index in [1.54, 1.807) is 0 Å². The number of likely N-dealkylation sites (tertiary alicyclic amines) is 1. The fourth-order valence-corrected chi connectivity index (χ4v) is 2.42. The van der Waals surface area contributed by atoms with Crippen LogP contribution in [0.1, 0.15) is 35.7 Å². The molecule has 1 aliphatic rings. The highest BCUT2D eigenvalue weighted by atomic mass is 16.3. The zero-order valence-electron chi connectivity index (χ0n) is 11.6. The molecule has 1 fully saturated rings. The van der Waals surface area contributed by atoms with Crippen molar-refractivity contribution >= 4 is 11.6 Å². The van der Waals surface area contributed by atoms with Crippen LogP contribution in [-0.4, -0.2) is 41.7 Å². The maximum absolute atomic E-state index is 12.6. The highest BCUT2D eigenvalue weighted by molar-refractivity contribution is 5.99. The third kappa shape index (κ3) is 3.26. The van der Waals surface area contributed by atoms with E-state index in [0.29, 0.717) is 25.9 Å². The molecule has 0 spiro atoms. The summed E-state index contributed by atoms with van der Waals surface area (Å²) in [6.07, 6.45) is 1.09. The molecule has 0 aromatic heterocycles. The van der Waals surface area contributed by atoms with Crippen molar-refractivity contribution in [3.63, 3.8) is 0 Å². The number of aliphatic hydroxyl groups excluding tert-OH is 1. The van der Waals surface area contributed by atoms with Crippen LogP contribution < -0.4 is 5.32 Å². The van der Waals surface area contributed by atoms with Gasteiger partial charge < -0.3 is 15.3 Å². The summed E-state index contributed by atoms with van der Waals surface area (Å²) >= 11 is 0. The Morgan fingerprint density at radius 1 is 1.42 bits per heavy atom. The molecule has 1 aliphatic heterocycles. The maximum Gasteiger partial charge on any atom is 0.255 e. The van der Waals surface area contributed by atoms with Crippen molar-refractivity contribution in [1.82, 2.24) is 4.90 Å². The van der Waals surface area contributed by atoms with Gasteiger partial charge in [0.2, 0.25) is 0 Å². The highest BCUT2D eigenvalue weighted by Gasteiger charge is 2.23. The number of nitrogens with zero attached hydrogens (tertiary/aromatic N) is 1. The van der Waals surface area contributed by atoms with Gasteiger partial charge in [0.25, 0.3) is 5.91 Å². The third-order valence-corrected chi connectivity index (χ3v) is 3.52. The van der Waals surface area contributed by atoms with Gasteiger partial charge in [-0.1, -0.05) is 11.6 Å². The van der Waals surface area contributed by atoms with Crippen LogP contribution in [0.5, 0.6) is 0 Å². The molecule has 0 bridgehead atoms. The highest BCUT2D eigenvalue weighted by Crippen LogP contribution is 2.21. The molecular weight excluding hydrogens is 240 g/mol. The van der Waals surface area contributed by atoms with Gasteiger partial charge in [0.1, 0.15) is 0 Å². The predicted molar refractivity (Wildman–Crippen MR) is 76.5 cm³/mol. The lowest BCUT2D eigenvalue weighted by atomic mass is 10.0. The van der Waals surface area contributed by atoms with Gasteiger partial charge in [-0.05, 0) is 38.8 Å². The first-order valence-corrected chi connectivity index (χ1v) is 6.93. The third-order valence-electron chi connectivity index (χ3n) is 3.52. The lowest BCUT2D eigenvalue weighted by molar-refractivity contribution is 0.0547. The van der Waals surface area contributed by atoms with Crippen LogP contribution in [0, 0.1) is 6.92 Å². The van der Waals surface area contributed by atoms with E-state index >= 15 is 0 Å². The average molecular weight is 262 g/mol. The van der Waals surface area contributed by atoms with Gasteiger partial charge >= 0.3 is 0 Å². The Kier molecular flexibility index (Phi) is 4.43. The minimum absolute atomic E-state index is 0.0616. The van der Waals surface area contributed by atoms with Gasteiger partial charge in [0, 0.05) is 25.3 Å². The second-order valence-corrected chi connectivity index (χ2v) is 5.10. The van der Waals surface area contributed by atoms with E-state index in [1.165, 1.54) is 0 Å². The summed E-state index contributed by atoms with van der Waals surface area (Å²) in [5.41, 5.74) is 2.71. The van der Waals surface area contributed by atoms with Crippen molar-refractivity contribution < 1.29 is 9.90 Å². The molecule has 0 atom stereocenters. The summed E-state index contributed by atoms with van der Waals surface area (Å²) in [4.78, 5) is 14.4. The van der Waals surface area contributed by atoms with Crippen LogP contribution >= 0.6 is 0 Å². The van der Waals surface area contributed by atoms with Crippen LogP contribution in [-0.2, 0) is 0 Å². The number of carbonyl (C=O) groups excluding carboxylic acids is 1. The Hall–Kier alpha value is -1.55. The first-order chi connectivity index (χ1) is 9.11. The van der Waals surface area contributed by atoms with Crippen molar-refractivity contribution in [2.24, 2.45) is 0 Å². The van der Waals surface area contributed by atoms with Crippen molar-refractivity contribution in [2.45, 2.75) is 32.8 Å². The Labute approximate surface area is 114 Å². The van der Waals surface area contributed by atoms with Gasteiger partial charge in [-0.15, -0.1) is 0 Å². The standard InChI is InChI=1S/C15H22N2O2/c1-3-16-14-5-4-11(2)10-13(14)15(19)17-8-6-12(18)7-9-17/h4-5,10,12,16,18H,3,6-9H2,1-2H3. The van der Waals surface area contributed by atoms with Gasteiger partial charge in [0.15, 0.2) is 0 Å². The molecule has 1 aromatic carbocycles. The fourth-order valence-electron chi connectivity index (χ4n) is 2.42. The molecule has 1 aromatic rings. The van der Waals surface area contributed by atoms with E-state index in [2.05, 4.69) is 5.32 Å². The molecular formula is C15H22N2O2. The number of hydrogen-bond acceptors (Lipinski definition) is 3. The zero-order valence-corrected chi connectivity index (χ0v) is 11.6. The normalized spacial score (nSPS) is 16.5. The zero-order chi connectivity index (χ0) is 13.8. The molecule has 4 nitrogen and oxygen atoms in total. The molecule has 1 heterocycles. The van der Waals surface area contributed by atoms with E-state index in [-0.39, 0.29) is 12.0 Å². The molecule has 1 amide bonds. The number of carbonyl (C=O) groups is 1. The van der Waals surface area contributed by atoms with Gasteiger partial charge in [-0.2, -0.15) is 0 Å². The molecule has 104 valence electrons. The van der Waals surface area contributed by atoms with Crippen molar-refractivity contribution in [1.29, 1.82) is 0 Å². The first-order valence-electron chi connectivity index (χ1n) is 6.93. The number of aliphatic hydroxyl groups is 1. The topological polar surface area (TPSA) is 52.6 Å². The monoisotopic (exact) mass is 262 g/mol. The number of amides is 1. The van der Waals surface area contributed by atoms with Crippen LogP contribution in [0.15, 0.2) is 18.2 Å². The van der Waals surface area contributed by atoms with Crippen LogP contribution in [0.25, 0.3) is 0 Å². The molecule has 0 saturated carbocycles. The Morgan fingerprint density at radius 3 is 2.74 bits per heavy atom. The van der Waals surface area contributed by atoms with Gasteiger partial charge in [-0.25, -0.2) is 0 Å². The van der Waals surface area contributed by atoms with Gasteiger partial charge in [-0.3, -0.25) is 4.79 Å². The molecule has 19 heavy (non-hydrogen) atoms. The Bertz CT molecular complexity index is 451. The smallest absolute Gasteiger partial charge is 0.255 e. The average Bonchev–Trinajstić information content (AvgIpc) is 2.41. The van der Waals surface area contributed by atoms with Crippen LogP contribution in [0.3, 0.4) is 0 Å². The molecule has 1 saturated heterocycles. The summed E-state index contributed by atoms with van der Waals surface area (Å²) in [5, 5.41) is 12.7. The summed E-state index contributed by atoms with van der Waals surface area (Å²) in [5.74, 6) is 0.0616. The second-order valence-electron chi connectivity index (χ2n) is 5.10. The predicted octanol–water partition coefficient (Wildman–Crippen LogP) is 2.02. The lowest BCUT2D eigenvalue weighted by Crippen LogP contribution is -2.40. The number of rotatable bonds is 3. The number of aryl methyl sites for hydroxylation is 1. The van der Waals surface area contributed by atoms with E-state index in [4.69, 9.17) is 0 Å². The fraction of sp³-hybridized carbons (Fsp3) is 0.533. The summed E-state index contributed by atoms with van der Waals surface area (Å²) in [6.45, 7) is 6.08. The molecule has 0 unspecified atom stereocenters. The first kappa shape index (κ1) is 13.9. The Morgan fingerprint density at radius 2 is 2.11 bits per heavy atom. The van der Waals surface area contributed by atoms with E-state index in [0.717, 1.165) is 23.4 Å². The second kappa shape index (κ2) is 6.06. The summed E-state index contributed by atoms with van der Waals surface area (Å²) in [6, 6.07) is 5.91. The molecule has 0 radical (unpaired) electrons.